The molecule has 0 bridgehead atoms. The first-order chi connectivity index (χ1) is 7.76. The van der Waals surface area contributed by atoms with Gasteiger partial charge < -0.3 is 9.84 Å². The smallest absolute Gasteiger partial charge is 0.119 e. The van der Waals surface area contributed by atoms with Gasteiger partial charge in [-0.1, -0.05) is 32.4 Å². The quantitative estimate of drug-likeness (QED) is 0.768. The van der Waals surface area contributed by atoms with Gasteiger partial charge in [0, 0.05) is 0 Å². The van der Waals surface area contributed by atoms with E-state index in [4.69, 9.17) is 9.84 Å². The molecule has 1 N–H and O–H groups in total. The van der Waals surface area contributed by atoms with Crippen LogP contribution in [-0.4, -0.2) is 18.3 Å². The Balaban J connectivity index is 2.38. The van der Waals surface area contributed by atoms with E-state index in [1.165, 1.54) is 18.4 Å². The van der Waals surface area contributed by atoms with Crippen molar-refractivity contribution in [2.75, 3.05) is 13.2 Å². The van der Waals surface area contributed by atoms with Crippen molar-refractivity contribution >= 4 is 0 Å². The Hall–Kier alpha value is -1.02. The largest absolute Gasteiger partial charge is 0.491 e. The lowest BCUT2D eigenvalue weighted by Gasteiger charge is -2.09. The Bertz CT molecular complexity index is 279. The molecule has 2 nitrogen and oxygen atoms in total. The molecule has 1 aromatic rings. The van der Waals surface area contributed by atoms with Gasteiger partial charge in [-0.15, -0.1) is 0 Å². The predicted molar refractivity (Wildman–Crippen MR) is 66.8 cm³/mol. The average Bonchev–Trinajstić information content (AvgIpc) is 2.34. The number of aliphatic hydroxyl groups is 1. The average molecular weight is 222 g/mol. The van der Waals surface area contributed by atoms with E-state index in [0.717, 1.165) is 18.1 Å². The van der Waals surface area contributed by atoms with Crippen LogP contribution in [0.3, 0.4) is 0 Å². The summed E-state index contributed by atoms with van der Waals surface area (Å²) in [7, 11) is 0. The van der Waals surface area contributed by atoms with Crippen molar-refractivity contribution in [2.24, 2.45) is 5.92 Å². The van der Waals surface area contributed by atoms with Crippen molar-refractivity contribution in [3.05, 3.63) is 29.8 Å². The molecule has 1 unspecified atom stereocenters. The highest BCUT2D eigenvalue weighted by atomic mass is 16.5. The van der Waals surface area contributed by atoms with Crippen LogP contribution >= 0.6 is 0 Å². The van der Waals surface area contributed by atoms with Crippen molar-refractivity contribution in [3.63, 3.8) is 0 Å². The fourth-order valence-corrected chi connectivity index (χ4v) is 1.53. The molecule has 0 aliphatic rings. The van der Waals surface area contributed by atoms with Crippen molar-refractivity contribution in [2.45, 2.75) is 33.1 Å². The molecule has 1 aromatic carbocycles. The zero-order valence-corrected chi connectivity index (χ0v) is 10.3. The second-order valence-electron chi connectivity index (χ2n) is 4.27. The number of hydrogen-bond donors (Lipinski definition) is 1. The molecule has 16 heavy (non-hydrogen) atoms. The maximum Gasteiger partial charge on any atom is 0.119 e. The van der Waals surface area contributed by atoms with E-state index in [-0.39, 0.29) is 6.61 Å². The highest BCUT2D eigenvalue weighted by molar-refractivity contribution is 5.27. The third-order valence-corrected chi connectivity index (χ3v) is 2.91. The molecule has 0 aliphatic heterocycles. The number of hydrogen-bond acceptors (Lipinski definition) is 2. The molecule has 2 heteroatoms. The van der Waals surface area contributed by atoms with Crippen molar-refractivity contribution < 1.29 is 9.84 Å². The summed E-state index contributed by atoms with van der Waals surface area (Å²) < 4.78 is 5.31. The highest BCUT2D eigenvalue weighted by Crippen LogP contribution is 2.16. The molecule has 0 spiro atoms. The molecule has 90 valence electrons. The van der Waals surface area contributed by atoms with Gasteiger partial charge in [-0.25, -0.2) is 0 Å². The summed E-state index contributed by atoms with van der Waals surface area (Å²) in [5, 5.41) is 8.63. The zero-order valence-electron chi connectivity index (χ0n) is 10.3. The number of benzene rings is 1. The van der Waals surface area contributed by atoms with Gasteiger partial charge in [0.15, 0.2) is 0 Å². The van der Waals surface area contributed by atoms with Gasteiger partial charge in [-0.2, -0.15) is 0 Å². The van der Waals surface area contributed by atoms with Crippen LogP contribution in [0.5, 0.6) is 5.75 Å². The van der Waals surface area contributed by atoms with Gasteiger partial charge in [0.1, 0.15) is 12.4 Å². The van der Waals surface area contributed by atoms with Gasteiger partial charge in [0.05, 0.1) is 6.61 Å². The molecule has 0 saturated carbocycles. The number of aryl methyl sites for hydroxylation is 1. The summed E-state index contributed by atoms with van der Waals surface area (Å²) in [5.74, 6) is 1.63. The summed E-state index contributed by atoms with van der Waals surface area (Å²) in [5.41, 5.74) is 1.36. The summed E-state index contributed by atoms with van der Waals surface area (Å²) in [6.07, 6.45) is 3.63. The van der Waals surface area contributed by atoms with Crippen molar-refractivity contribution in [1.82, 2.24) is 0 Å². The molecule has 0 heterocycles. The van der Waals surface area contributed by atoms with Crippen LogP contribution in [0.25, 0.3) is 0 Å². The fourth-order valence-electron chi connectivity index (χ4n) is 1.53. The van der Waals surface area contributed by atoms with Crippen LogP contribution in [0.4, 0.5) is 0 Å². The maximum absolute atomic E-state index is 8.63. The summed E-state index contributed by atoms with van der Waals surface area (Å²) >= 11 is 0. The van der Waals surface area contributed by atoms with Crippen LogP contribution in [0.2, 0.25) is 0 Å². The van der Waals surface area contributed by atoms with Crippen LogP contribution in [-0.2, 0) is 6.42 Å². The maximum atomic E-state index is 8.63. The Kier molecular flexibility index (Phi) is 5.94. The Labute approximate surface area is 98.3 Å². The molecule has 0 aromatic heterocycles. The number of aliphatic hydroxyl groups excluding tert-OH is 1. The van der Waals surface area contributed by atoms with Crippen LogP contribution in [0.1, 0.15) is 32.3 Å². The molecule has 0 amide bonds. The molecule has 0 radical (unpaired) electrons. The van der Waals surface area contributed by atoms with Crippen LogP contribution in [0.15, 0.2) is 24.3 Å². The predicted octanol–water partition coefficient (Wildman–Crippen LogP) is 3.04. The van der Waals surface area contributed by atoms with Gasteiger partial charge in [0.25, 0.3) is 0 Å². The third kappa shape index (κ3) is 4.67. The third-order valence-electron chi connectivity index (χ3n) is 2.91. The van der Waals surface area contributed by atoms with Crippen molar-refractivity contribution in [3.8, 4) is 5.75 Å². The minimum absolute atomic E-state index is 0.0652. The molecular formula is C14H22O2. The van der Waals surface area contributed by atoms with E-state index in [0.29, 0.717) is 6.61 Å². The molecule has 1 atom stereocenters. The Morgan fingerprint density at radius 2 is 1.94 bits per heavy atom. The highest BCUT2D eigenvalue weighted by Gasteiger charge is 2.00. The fraction of sp³-hybridized carbons (Fsp3) is 0.571. The number of rotatable bonds is 7. The standard InChI is InChI=1S/C14H22O2/c1-3-12(2)4-5-13-6-8-14(9-7-13)16-11-10-15/h6-9,12,15H,3-5,10-11H2,1-2H3. The zero-order chi connectivity index (χ0) is 11.8. The van der Waals surface area contributed by atoms with E-state index in [2.05, 4.69) is 26.0 Å². The molecule has 0 aliphatic carbocycles. The van der Waals surface area contributed by atoms with E-state index in [9.17, 15) is 0 Å². The SMILES string of the molecule is CCC(C)CCc1ccc(OCCO)cc1. The van der Waals surface area contributed by atoms with Gasteiger partial charge in [-0.3, -0.25) is 0 Å². The normalized spacial score (nSPS) is 12.4. The van der Waals surface area contributed by atoms with E-state index >= 15 is 0 Å². The number of ether oxygens (including phenoxy) is 1. The minimum Gasteiger partial charge on any atom is -0.491 e. The molecule has 0 fully saturated rings. The first-order valence-corrected chi connectivity index (χ1v) is 6.08. The van der Waals surface area contributed by atoms with Crippen molar-refractivity contribution in [1.29, 1.82) is 0 Å². The second kappa shape index (κ2) is 7.29. The lowest BCUT2D eigenvalue weighted by Crippen LogP contribution is -2.01. The minimum atomic E-state index is 0.0652. The molecule has 0 saturated heterocycles. The lowest BCUT2D eigenvalue weighted by molar-refractivity contribution is 0.201. The lowest BCUT2D eigenvalue weighted by atomic mass is 9.99. The summed E-state index contributed by atoms with van der Waals surface area (Å²) in [6, 6.07) is 8.16. The first-order valence-electron chi connectivity index (χ1n) is 6.08. The Morgan fingerprint density at radius 1 is 1.25 bits per heavy atom. The molecule has 1 rings (SSSR count). The van der Waals surface area contributed by atoms with Gasteiger partial charge in [0.2, 0.25) is 0 Å². The van der Waals surface area contributed by atoms with Gasteiger partial charge >= 0.3 is 0 Å². The van der Waals surface area contributed by atoms with Crippen LogP contribution < -0.4 is 4.74 Å². The van der Waals surface area contributed by atoms with E-state index in [1.54, 1.807) is 0 Å². The van der Waals surface area contributed by atoms with Crippen LogP contribution in [0, 0.1) is 5.92 Å². The first kappa shape index (κ1) is 13.0. The van der Waals surface area contributed by atoms with Gasteiger partial charge in [-0.05, 0) is 36.5 Å². The monoisotopic (exact) mass is 222 g/mol. The summed E-state index contributed by atoms with van der Waals surface area (Å²) in [4.78, 5) is 0. The van der Waals surface area contributed by atoms with E-state index < -0.39 is 0 Å². The Morgan fingerprint density at radius 3 is 2.50 bits per heavy atom. The topological polar surface area (TPSA) is 29.5 Å². The molecular weight excluding hydrogens is 200 g/mol. The van der Waals surface area contributed by atoms with E-state index in [1.807, 2.05) is 12.1 Å². The second-order valence-corrected chi connectivity index (χ2v) is 4.27. The summed E-state index contributed by atoms with van der Waals surface area (Å²) in [6.45, 7) is 4.96.